The van der Waals surface area contributed by atoms with Gasteiger partial charge in [-0.05, 0) is 158 Å². The van der Waals surface area contributed by atoms with E-state index in [4.69, 9.17) is 8.83 Å². The summed E-state index contributed by atoms with van der Waals surface area (Å²) in [5, 5.41) is 7.05. The molecule has 0 fully saturated rings. The molecule has 5 nitrogen and oxygen atoms in total. The lowest BCUT2D eigenvalue weighted by Gasteiger charge is -2.32. The van der Waals surface area contributed by atoms with Gasteiger partial charge in [-0.15, -0.1) is 0 Å². The van der Waals surface area contributed by atoms with E-state index in [1.165, 1.54) is 88.4 Å². The standard InChI is InChI=1S/C81H59N3O2/c1-79(2)62-44-51(39-42-57(62)70-64(79)47-67(77-72(70)59-32-18-22-36-68(59)85-77)83(48-24-10-7-11-25-48)49-26-12-8-13-27-49)82(53-38-41-55-54-30-17-21-35-65(54)84(66(55)46-53)50-28-14-9-15-29-50)52-40-43-58-63(45-52)81(5,6)75-71(58)73-60-33-19-23-37-69(60)86-78(73)74-56-31-16-20-34-61(56)80(3,4)76(74)75/h7-47H,1-6H3. The van der Waals surface area contributed by atoms with E-state index >= 15 is 0 Å². The number of rotatable bonds is 7. The first kappa shape index (κ1) is 49.1. The molecule has 0 N–H and O–H groups in total. The number of nitrogens with zero attached hydrogens (tertiary/aromatic N) is 3. The zero-order valence-electron chi connectivity index (χ0n) is 48.8. The summed E-state index contributed by atoms with van der Waals surface area (Å²) in [6.07, 6.45) is 0. The number of hydrogen-bond acceptors (Lipinski definition) is 4. The van der Waals surface area contributed by atoms with Crippen molar-refractivity contribution in [3.05, 3.63) is 282 Å². The van der Waals surface area contributed by atoms with Gasteiger partial charge in [0.25, 0.3) is 0 Å². The molecule has 0 saturated carbocycles. The first-order valence-electron chi connectivity index (χ1n) is 30.2. The lowest BCUT2D eigenvalue weighted by Crippen LogP contribution is -2.24. The molecule has 0 saturated heterocycles. The molecule has 0 bridgehead atoms. The summed E-state index contributed by atoms with van der Waals surface area (Å²) < 4.78 is 16.6. The third-order valence-electron chi connectivity index (χ3n) is 19.9. The smallest absolute Gasteiger partial charge is 0.160 e. The summed E-state index contributed by atoms with van der Waals surface area (Å²) in [5.74, 6) is 0. The van der Waals surface area contributed by atoms with Crippen molar-refractivity contribution in [2.75, 3.05) is 9.80 Å². The molecule has 3 heterocycles. The lowest BCUT2D eigenvalue weighted by atomic mass is 9.72. The van der Waals surface area contributed by atoms with Gasteiger partial charge in [0.1, 0.15) is 16.7 Å². The quantitative estimate of drug-likeness (QED) is 0.159. The van der Waals surface area contributed by atoms with E-state index < -0.39 is 10.8 Å². The lowest BCUT2D eigenvalue weighted by molar-refractivity contribution is 0.600. The summed E-state index contributed by atoms with van der Waals surface area (Å²) >= 11 is 0. The largest absolute Gasteiger partial charge is 0.455 e. The molecule has 3 aliphatic rings. The topological polar surface area (TPSA) is 37.7 Å². The predicted molar refractivity (Wildman–Crippen MR) is 357 cm³/mol. The molecule has 3 aromatic heterocycles. The van der Waals surface area contributed by atoms with Gasteiger partial charge in [0.15, 0.2) is 5.58 Å². The van der Waals surface area contributed by atoms with Crippen LogP contribution in [0.3, 0.4) is 0 Å². The summed E-state index contributed by atoms with van der Waals surface area (Å²) in [4.78, 5) is 4.89. The maximum Gasteiger partial charge on any atom is 0.160 e. The van der Waals surface area contributed by atoms with Crippen molar-refractivity contribution in [3.8, 4) is 39.1 Å². The van der Waals surface area contributed by atoms with Crippen LogP contribution in [0.5, 0.6) is 0 Å². The Morgan fingerprint density at radius 3 is 1.47 bits per heavy atom. The SMILES string of the molecule is CC1(C)c2cc(N(c3ccc4c(c3)C(C)(C)c3c5c(c6oc7ccccc7c6c3-4)-c3ccccc3C5(C)C)c3ccc4c5ccccc5n(-c5ccccc5)c4c3)ccc2-c2c1cc(N(c1ccccc1)c1ccccc1)c1oc3ccccc3c21. The van der Waals surface area contributed by atoms with Crippen molar-refractivity contribution in [1.29, 1.82) is 0 Å². The molecule has 86 heavy (non-hydrogen) atoms. The van der Waals surface area contributed by atoms with E-state index in [-0.39, 0.29) is 5.41 Å². The highest BCUT2D eigenvalue weighted by molar-refractivity contribution is 6.22. The summed E-state index contributed by atoms with van der Waals surface area (Å²) in [6, 6.07) is 91.4. The van der Waals surface area contributed by atoms with Gasteiger partial charge >= 0.3 is 0 Å². The summed E-state index contributed by atoms with van der Waals surface area (Å²) in [7, 11) is 0. The first-order chi connectivity index (χ1) is 42.0. The van der Waals surface area contributed by atoms with Gasteiger partial charge in [-0.1, -0.05) is 193 Å². The molecule has 0 aliphatic heterocycles. The average Bonchev–Trinajstić information content (AvgIpc) is 1.52. The highest BCUT2D eigenvalue weighted by atomic mass is 16.3. The Morgan fingerprint density at radius 1 is 0.314 bits per heavy atom. The van der Waals surface area contributed by atoms with E-state index in [2.05, 4.69) is 305 Å². The minimum absolute atomic E-state index is 0.269. The van der Waals surface area contributed by atoms with Crippen molar-refractivity contribution in [3.63, 3.8) is 0 Å². The molecule has 410 valence electrons. The van der Waals surface area contributed by atoms with Gasteiger partial charge in [-0.25, -0.2) is 0 Å². The molecule has 0 amide bonds. The van der Waals surface area contributed by atoms with E-state index in [0.29, 0.717) is 0 Å². The van der Waals surface area contributed by atoms with Crippen LogP contribution in [0.1, 0.15) is 74.9 Å². The second-order valence-electron chi connectivity index (χ2n) is 25.5. The fourth-order valence-electron chi connectivity index (χ4n) is 16.0. The third-order valence-corrected chi connectivity index (χ3v) is 19.9. The monoisotopic (exact) mass is 1110 g/mol. The first-order valence-corrected chi connectivity index (χ1v) is 30.2. The Balaban J connectivity index is 0.884. The molecule has 3 aliphatic carbocycles. The fraction of sp³-hybridized carbons (Fsp3) is 0.111. The van der Waals surface area contributed by atoms with Gasteiger partial charge < -0.3 is 23.2 Å². The fourth-order valence-corrected chi connectivity index (χ4v) is 16.0. The minimum atomic E-state index is -0.429. The molecule has 18 rings (SSSR count). The highest BCUT2D eigenvalue weighted by Gasteiger charge is 2.49. The maximum absolute atomic E-state index is 7.10. The van der Waals surface area contributed by atoms with Crippen LogP contribution in [0, 0.1) is 0 Å². The number of benzene rings is 12. The van der Waals surface area contributed by atoms with Crippen LogP contribution in [0.15, 0.2) is 258 Å². The molecule has 15 aromatic rings. The number of fused-ring (bicyclic) bond motifs is 22. The molecule has 0 atom stereocenters. The molecular weight excluding hydrogens is 1050 g/mol. The van der Waals surface area contributed by atoms with Crippen LogP contribution in [-0.4, -0.2) is 4.57 Å². The molecule has 0 unspecified atom stereocenters. The number of furan rings is 2. The number of aromatic nitrogens is 1. The average molecular weight is 1110 g/mol. The van der Waals surface area contributed by atoms with E-state index in [1.807, 2.05) is 0 Å². The second kappa shape index (κ2) is 17.4. The second-order valence-corrected chi connectivity index (χ2v) is 25.5. The van der Waals surface area contributed by atoms with Crippen LogP contribution in [0.4, 0.5) is 34.1 Å². The maximum atomic E-state index is 7.10. The van der Waals surface area contributed by atoms with Gasteiger partial charge in [-0.3, -0.25) is 0 Å². The predicted octanol–water partition coefficient (Wildman–Crippen LogP) is 22.4. The number of anilines is 6. The Labute approximate surface area is 499 Å². The summed E-state index contributed by atoms with van der Waals surface area (Å²) in [6.45, 7) is 14.6. The van der Waals surface area contributed by atoms with Crippen LogP contribution in [-0.2, 0) is 16.2 Å². The van der Waals surface area contributed by atoms with Crippen LogP contribution in [0.2, 0.25) is 0 Å². The van der Waals surface area contributed by atoms with Gasteiger partial charge in [0.2, 0.25) is 0 Å². The number of para-hydroxylation sites is 6. The zero-order chi connectivity index (χ0) is 57.5. The van der Waals surface area contributed by atoms with Crippen molar-refractivity contribution < 1.29 is 8.83 Å². The van der Waals surface area contributed by atoms with E-state index in [1.54, 1.807) is 0 Å². The van der Waals surface area contributed by atoms with Crippen molar-refractivity contribution >= 4 is 99.8 Å². The molecule has 0 radical (unpaired) electrons. The van der Waals surface area contributed by atoms with Crippen LogP contribution >= 0.6 is 0 Å². The van der Waals surface area contributed by atoms with Crippen LogP contribution < -0.4 is 9.80 Å². The van der Waals surface area contributed by atoms with Gasteiger partial charge in [-0.2, -0.15) is 0 Å². The normalized spacial score (nSPS) is 14.7. The van der Waals surface area contributed by atoms with Gasteiger partial charge in [0.05, 0.1) is 16.7 Å². The van der Waals surface area contributed by atoms with Crippen molar-refractivity contribution in [2.24, 2.45) is 0 Å². The summed E-state index contributed by atoms with van der Waals surface area (Å²) in [5.41, 5.74) is 27.9. The number of hydrogen-bond donors (Lipinski definition) is 0. The van der Waals surface area contributed by atoms with E-state index in [0.717, 1.165) is 83.8 Å². The van der Waals surface area contributed by atoms with Gasteiger partial charge in [0, 0.05) is 88.3 Å². The Bertz CT molecular complexity index is 5350. The minimum Gasteiger partial charge on any atom is -0.455 e. The molecule has 12 aromatic carbocycles. The Kier molecular flexibility index (Phi) is 9.92. The van der Waals surface area contributed by atoms with Crippen molar-refractivity contribution in [2.45, 2.75) is 57.8 Å². The Hall–Kier alpha value is -10.4. The molecule has 5 heteroatoms. The van der Waals surface area contributed by atoms with E-state index in [9.17, 15) is 0 Å². The zero-order valence-corrected chi connectivity index (χ0v) is 48.8. The van der Waals surface area contributed by atoms with Crippen molar-refractivity contribution in [1.82, 2.24) is 4.57 Å². The third kappa shape index (κ3) is 6.49. The van der Waals surface area contributed by atoms with Crippen LogP contribution in [0.25, 0.3) is 105 Å². The highest BCUT2D eigenvalue weighted by Crippen LogP contribution is 2.64. The molecule has 0 spiro atoms. The Morgan fingerprint density at radius 2 is 0.791 bits per heavy atom. The molecular formula is C81H59N3O2.